The summed E-state index contributed by atoms with van der Waals surface area (Å²) in [5, 5.41) is 11.1. The van der Waals surface area contributed by atoms with E-state index in [4.69, 9.17) is 4.99 Å². The Morgan fingerprint density at radius 1 is 0.974 bits per heavy atom. The molecule has 39 heavy (non-hydrogen) atoms. The first-order valence-corrected chi connectivity index (χ1v) is 15.1. The summed E-state index contributed by atoms with van der Waals surface area (Å²) in [4.78, 5) is 10.5. The molecule has 0 amide bonds. The molecular weight excluding hydrogens is 508 g/mol. The van der Waals surface area contributed by atoms with Gasteiger partial charge in [0.1, 0.15) is 0 Å². The molecule has 0 aliphatic carbocycles. The van der Waals surface area contributed by atoms with Crippen molar-refractivity contribution in [2.24, 2.45) is 4.99 Å². The third-order valence-electron chi connectivity index (χ3n) is 6.61. The zero-order chi connectivity index (χ0) is 28.0. The Kier molecular flexibility index (Phi) is 9.09. The molecule has 7 nitrogen and oxygen atoms in total. The first-order chi connectivity index (χ1) is 18.7. The maximum Gasteiger partial charge on any atom is 0.235 e. The van der Waals surface area contributed by atoms with Crippen LogP contribution in [0.15, 0.2) is 77.8 Å². The summed E-state index contributed by atoms with van der Waals surface area (Å²) in [6.07, 6.45) is 2.25. The van der Waals surface area contributed by atoms with Crippen LogP contribution in [0.4, 0.5) is 11.4 Å². The van der Waals surface area contributed by atoms with Crippen molar-refractivity contribution in [1.82, 2.24) is 9.88 Å². The van der Waals surface area contributed by atoms with E-state index < -0.39 is 15.3 Å². The Bertz CT molecular complexity index is 1520. The first kappa shape index (κ1) is 28.4. The van der Waals surface area contributed by atoms with Crippen molar-refractivity contribution >= 4 is 38.0 Å². The standard InChI is InChI=1S/C31H38N4O3S/c1-5-18-35(19-6-2)21-23-12-14-25(15-13-23)32-30(24-10-8-7-9-11-24)29-27-20-26(34-39(37,38)22(3)4)16-17-28(27)33-31(29)36/h7-17,20,22,33-34,36H,5-6,18-19,21H2,1-4H3. The number of H-pyrrole nitrogens is 1. The molecule has 0 fully saturated rings. The zero-order valence-corrected chi connectivity index (χ0v) is 23.9. The fourth-order valence-electron chi connectivity index (χ4n) is 4.59. The van der Waals surface area contributed by atoms with Crippen LogP contribution >= 0.6 is 0 Å². The molecule has 4 rings (SSSR count). The van der Waals surface area contributed by atoms with Crippen LogP contribution < -0.4 is 4.72 Å². The van der Waals surface area contributed by atoms with Gasteiger partial charge in [0.25, 0.3) is 0 Å². The Morgan fingerprint density at radius 2 is 1.64 bits per heavy atom. The van der Waals surface area contributed by atoms with Crippen LogP contribution in [0.3, 0.4) is 0 Å². The normalized spacial score (nSPS) is 12.5. The number of aliphatic imine (C=N–C) groups is 1. The highest BCUT2D eigenvalue weighted by molar-refractivity contribution is 7.93. The van der Waals surface area contributed by atoms with Crippen molar-refractivity contribution < 1.29 is 13.5 Å². The molecule has 0 saturated carbocycles. The SMILES string of the molecule is CCCN(CCC)Cc1ccc(N=C(c2ccccc2)c2c(O)[nH]c3ccc(NS(=O)(=O)C(C)C)cc23)cc1. The summed E-state index contributed by atoms with van der Waals surface area (Å²) in [5.41, 5.74) is 5.05. The van der Waals surface area contributed by atoms with E-state index in [9.17, 15) is 13.5 Å². The molecule has 4 aromatic rings. The van der Waals surface area contributed by atoms with Gasteiger partial charge in [-0.05, 0) is 75.7 Å². The lowest BCUT2D eigenvalue weighted by Crippen LogP contribution is -2.24. The quantitative estimate of drug-likeness (QED) is 0.170. The number of rotatable bonds is 12. The van der Waals surface area contributed by atoms with Gasteiger partial charge in [-0.2, -0.15) is 0 Å². The van der Waals surface area contributed by atoms with Crippen molar-refractivity contribution in [3.05, 3.63) is 89.5 Å². The molecule has 206 valence electrons. The maximum atomic E-state index is 12.5. The minimum absolute atomic E-state index is 0.0251. The number of aromatic amines is 1. The Balaban J connectivity index is 1.76. The summed E-state index contributed by atoms with van der Waals surface area (Å²) < 4.78 is 27.6. The monoisotopic (exact) mass is 546 g/mol. The van der Waals surface area contributed by atoms with E-state index in [0.717, 1.165) is 43.7 Å². The number of benzene rings is 3. The molecule has 0 spiro atoms. The fourth-order valence-corrected chi connectivity index (χ4v) is 5.28. The molecular formula is C31H38N4O3S. The largest absolute Gasteiger partial charge is 0.494 e. The number of sulfonamides is 1. The number of aromatic nitrogens is 1. The number of fused-ring (bicyclic) bond motifs is 1. The van der Waals surface area contributed by atoms with Crippen molar-refractivity contribution in [2.45, 2.75) is 52.3 Å². The van der Waals surface area contributed by atoms with Gasteiger partial charge in [-0.25, -0.2) is 13.4 Å². The first-order valence-electron chi connectivity index (χ1n) is 13.5. The fraction of sp³-hybridized carbons (Fsp3) is 0.323. The van der Waals surface area contributed by atoms with Crippen molar-refractivity contribution in [3.8, 4) is 5.88 Å². The van der Waals surface area contributed by atoms with Crippen molar-refractivity contribution in [1.29, 1.82) is 0 Å². The molecule has 0 unspecified atom stereocenters. The maximum absolute atomic E-state index is 12.5. The molecule has 3 N–H and O–H groups in total. The average Bonchev–Trinajstić information content (AvgIpc) is 3.23. The second-order valence-electron chi connectivity index (χ2n) is 10.1. The van der Waals surface area contributed by atoms with Crippen molar-refractivity contribution in [2.75, 3.05) is 17.8 Å². The number of nitrogens with one attached hydrogen (secondary N) is 2. The Hall–Kier alpha value is -3.62. The summed E-state index contributed by atoms with van der Waals surface area (Å²) in [5.74, 6) is -0.0251. The number of hydrogen-bond donors (Lipinski definition) is 3. The van der Waals surface area contributed by atoms with Gasteiger partial charge in [-0.3, -0.25) is 9.62 Å². The molecule has 1 heterocycles. The second kappa shape index (κ2) is 12.5. The number of nitrogens with zero attached hydrogens (tertiary/aromatic N) is 2. The van der Waals surface area contributed by atoms with E-state index in [-0.39, 0.29) is 5.88 Å². The summed E-state index contributed by atoms with van der Waals surface area (Å²) in [6, 6.07) is 23.1. The minimum atomic E-state index is -3.52. The van der Waals surface area contributed by atoms with Crippen LogP contribution in [-0.2, 0) is 16.6 Å². The lowest BCUT2D eigenvalue weighted by molar-refractivity contribution is 0.266. The van der Waals surface area contributed by atoms with Gasteiger partial charge < -0.3 is 10.1 Å². The molecule has 3 aromatic carbocycles. The lowest BCUT2D eigenvalue weighted by Gasteiger charge is -2.21. The highest BCUT2D eigenvalue weighted by atomic mass is 32.2. The van der Waals surface area contributed by atoms with Crippen LogP contribution in [0, 0.1) is 0 Å². The molecule has 0 aliphatic heterocycles. The summed E-state index contributed by atoms with van der Waals surface area (Å²) in [7, 11) is -3.52. The van der Waals surface area contributed by atoms with E-state index in [0.29, 0.717) is 27.9 Å². The third kappa shape index (κ3) is 6.88. The predicted octanol–water partition coefficient (Wildman–Crippen LogP) is 6.81. The van der Waals surface area contributed by atoms with Crippen molar-refractivity contribution in [3.63, 3.8) is 0 Å². The van der Waals surface area contributed by atoms with Gasteiger partial charge in [0.15, 0.2) is 5.88 Å². The lowest BCUT2D eigenvalue weighted by atomic mass is 10.0. The van der Waals surface area contributed by atoms with Crippen LogP contribution in [0.25, 0.3) is 10.9 Å². The molecule has 0 aliphatic rings. The van der Waals surface area contributed by atoms with Gasteiger partial charge in [-0.15, -0.1) is 0 Å². The summed E-state index contributed by atoms with van der Waals surface area (Å²) >= 11 is 0. The Labute approximate surface area is 231 Å². The highest BCUT2D eigenvalue weighted by Gasteiger charge is 2.21. The molecule has 0 bridgehead atoms. The van der Waals surface area contributed by atoms with E-state index >= 15 is 0 Å². The van der Waals surface area contributed by atoms with Gasteiger partial charge in [-0.1, -0.05) is 56.3 Å². The molecule has 8 heteroatoms. The molecule has 1 aromatic heterocycles. The average molecular weight is 547 g/mol. The third-order valence-corrected chi connectivity index (χ3v) is 8.37. The van der Waals surface area contributed by atoms with E-state index in [1.807, 2.05) is 42.5 Å². The van der Waals surface area contributed by atoms with Gasteiger partial charge in [0.2, 0.25) is 10.0 Å². The minimum Gasteiger partial charge on any atom is -0.494 e. The van der Waals surface area contributed by atoms with Crippen LogP contribution in [0.1, 0.15) is 57.2 Å². The number of hydrogen-bond acceptors (Lipinski definition) is 5. The van der Waals surface area contributed by atoms with Crippen LogP contribution in [0.2, 0.25) is 0 Å². The van der Waals surface area contributed by atoms with Gasteiger partial charge >= 0.3 is 0 Å². The molecule has 0 saturated heterocycles. The van der Waals surface area contributed by atoms with Crippen LogP contribution in [-0.4, -0.2) is 47.5 Å². The van der Waals surface area contributed by atoms with E-state index in [1.54, 1.807) is 32.0 Å². The zero-order valence-electron chi connectivity index (χ0n) is 23.1. The topological polar surface area (TPSA) is 97.8 Å². The summed E-state index contributed by atoms with van der Waals surface area (Å²) in [6.45, 7) is 10.7. The smallest absolute Gasteiger partial charge is 0.235 e. The second-order valence-corrected chi connectivity index (χ2v) is 12.3. The Morgan fingerprint density at radius 3 is 2.26 bits per heavy atom. The van der Waals surface area contributed by atoms with E-state index in [2.05, 4.69) is 40.6 Å². The van der Waals surface area contributed by atoms with Crippen LogP contribution in [0.5, 0.6) is 5.88 Å². The number of anilines is 1. The van der Waals surface area contributed by atoms with Gasteiger partial charge in [0, 0.05) is 28.7 Å². The predicted molar refractivity (Wildman–Crippen MR) is 162 cm³/mol. The highest BCUT2D eigenvalue weighted by Crippen LogP contribution is 2.33. The molecule has 0 atom stereocenters. The number of aromatic hydroxyl groups is 1. The molecule has 0 radical (unpaired) electrons. The van der Waals surface area contributed by atoms with E-state index in [1.165, 1.54) is 5.56 Å². The van der Waals surface area contributed by atoms with Gasteiger partial charge in [0.05, 0.1) is 22.2 Å².